The van der Waals surface area contributed by atoms with E-state index in [0.29, 0.717) is 23.2 Å². The third kappa shape index (κ3) is 2.74. The van der Waals surface area contributed by atoms with Crippen molar-refractivity contribution in [3.8, 4) is 11.5 Å². The number of nitrogens with zero attached hydrogens (tertiary/aromatic N) is 2. The lowest BCUT2D eigenvalue weighted by atomic mass is 10.1. The summed E-state index contributed by atoms with van der Waals surface area (Å²) in [5.74, 6) is 1.56. The molecule has 1 aromatic rings. The van der Waals surface area contributed by atoms with Crippen molar-refractivity contribution in [3.05, 3.63) is 29.5 Å². The fourth-order valence-electron chi connectivity index (χ4n) is 1.77. The first-order chi connectivity index (χ1) is 9.55. The van der Waals surface area contributed by atoms with Gasteiger partial charge in [-0.3, -0.25) is 10.1 Å². The van der Waals surface area contributed by atoms with Crippen LogP contribution in [0.5, 0.6) is 11.5 Å². The van der Waals surface area contributed by atoms with Gasteiger partial charge in [0.25, 0.3) is 5.91 Å². The van der Waals surface area contributed by atoms with Crippen LogP contribution in [0.3, 0.4) is 0 Å². The van der Waals surface area contributed by atoms with E-state index in [4.69, 9.17) is 9.47 Å². The maximum absolute atomic E-state index is 11.8. The van der Waals surface area contributed by atoms with E-state index >= 15 is 0 Å². The van der Waals surface area contributed by atoms with E-state index in [-0.39, 0.29) is 5.91 Å². The Bertz CT molecular complexity index is 591. The molecule has 6 heteroatoms. The van der Waals surface area contributed by atoms with E-state index in [2.05, 4.69) is 10.3 Å². The van der Waals surface area contributed by atoms with Crippen molar-refractivity contribution in [2.24, 2.45) is 4.99 Å². The molecule has 20 heavy (non-hydrogen) atoms. The van der Waals surface area contributed by atoms with Crippen molar-refractivity contribution in [1.82, 2.24) is 10.2 Å². The monoisotopic (exact) mass is 275 g/mol. The standard InChI is InChI=1S/C14H17N3O3/c1-17(2)14-15-10(13(18)16-14)7-9-5-6-11(19-3)12(8-9)20-4/h5-8H,1-4H3,(H,15,16,18)/b10-7+. The molecule has 0 saturated carbocycles. The van der Waals surface area contributed by atoms with Crippen molar-refractivity contribution in [1.29, 1.82) is 0 Å². The van der Waals surface area contributed by atoms with Crippen molar-refractivity contribution in [2.75, 3.05) is 28.3 Å². The second kappa shape index (κ2) is 5.64. The molecule has 1 aromatic carbocycles. The lowest BCUT2D eigenvalue weighted by Crippen LogP contribution is -2.35. The summed E-state index contributed by atoms with van der Waals surface area (Å²) in [6.45, 7) is 0. The Morgan fingerprint density at radius 2 is 1.90 bits per heavy atom. The lowest BCUT2D eigenvalue weighted by molar-refractivity contribution is -0.115. The zero-order valence-electron chi connectivity index (χ0n) is 11.9. The van der Waals surface area contributed by atoms with Crippen LogP contribution in [-0.4, -0.2) is 45.1 Å². The van der Waals surface area contributed by atoms with Gasteiger partial charge < -0.3 is 14.4 Å². The molecule has 1 N–H and O–H groups in total. The zero-order valence-corrected chi connectivity index (χ0v) is 11.9. The van der Waals surface area contributed by atoms with Crippen molar-refractivity contribution in [3.63, 3.8) is 0 Å². The number of carbonyl (C=O) groups is 1. The van der Waals surface area contributed by atoms with Crippen LogP contribution >= 0.6 is 0 Å². The third-order valence-corrected chi connectivity index (χ3v) is 2.82. The average Bonchev–Trinajstić information content (AvgIpc) is 2.80. The summed E-state index contributed by atoms with van der Waals surface area (Å²) in [4.78, 5) is 17.8. The molecule has 1 aliphatic rings. The average molecular weight is 275 g/mol. The predicted octanol–water partition coefficient (Wildman–Crippen LogP) is 1.09. The molecule has 0 atom stereocenters. The molecule has 106 valence electrons. The van der Waals surface area contributed by atoms with Crippen LogP contribution in [0.15, 0.2) is 28.9 Å². The first-order valence-corrected chi connectivity index (χ1v) is 6.06. The van der Waals surface area contributed by atoms with Crippen molar-refractivity contribution in [2.45, 2.75) is 0 Å². The molecular formula is C14H17N3O3. The van der Waals surface area contributed by atoms with Gasteiger partial charge >= 0.3 is 0 Å². The van der Waals surface area contributed by atoms with Crippen LogP contribution in [0.2, 0.25) is 0 Å². The Kier molecular flexibility index (Phi) is 3.93. The summed E-state index contributed by atoms with van der Waals surface area (Å²) < 4.78 is 10.4. The van der Waals surface area contributed by atoms with Gasteiger partial charge in [-0.15, -0.1) is 0 Å². The Morgan fingerprint density at radius 1 is 1.20 bits per heavy atom. The first-order valence-electron chi connectivity index (χ1n) is 6.06. The maximum Gasteiger partial charge on any atom is 0.276 e. The summed E-state index contributed by atoms with van der Waals surface area (Å²) in [7, 11) is 6.78. The molecule has 2 rings (SSSR count). The highest BCUT2D eigenvalue weighted by molar-refractivity contribution is 6.13. The number of aliphatic imine (C=N–C) groups is 1. The topological polar surface area (TPSA) is 63.2 Å². The second-order valence-corrected chi connectivity index (χ2v) is 4.43. The van der Waals surface area contributed by atoms with E-state index < -0.39 is 0 Å². The number of amides is 1. The van der Waals surface area contributed by atoms with Gasteiger partial charge in [-0.05, 0) is 23.8 Å². The van der Waals surface area contributed by atoms with Crippen LogP contribution in [0.25, 0.3) is 6.08 Å². The number of guanidine groups is 1. The molecule has 1 heterocycles. The van der Waals surface area contributed by atoms with E-state index in [0.717, 1.165) is 5.56 Å². The Balaban J connectivity index is 2.33. The zero-order chi connectivity index (χ0) is 14.7. The van der Waals surface area contributed by atoms with Gasteiger partial charge in [0.15, 0.2) is 11.5 Å². The number of ether oxygens (including phenoxy) is 2. The van der Waals surface area contributed by atoms with Crippen LogP contribution in [-0.2, 0) is 4.79 Å². The van der Waals surface area contributed by atoms with Crippen molar-refractivity contribution >= 4 is 17.9 Å². The highest BCUT2D eigenvalue weighted by atomic mass is 16.5. The highest BCUT2D eigenvalue weighted by Crippen LogP contribution is 2.28. The van der Waals surface area contributed by atoms with E-state index in [1.165, 1.54) is 0 Å². The van der Waals surface area contributed by atoms with Crippen LogP contribution < -0.4 is 14.8 Å². The summed E-state index contributed by atoms with van der Waals surface area (Å²) >= 11 is 0. The van der Waals surface area contributed by atoms with Gasteiger partial charge in [0.05, 0.1) is 14.2 Å². The molecule has 0 saturated heterocycles. The largest absolute Gasteiger partial charge is 0.493 e. The molecule has 0 unspecified atom stereocenters. The van der Waals surface area contributed by atoms with Gasteiger partial charge in [-0.1, -0.05) is 6.07 Å². The molecule has 0 bridgehead atoms. The molecule has 0 fully saturated rings. The molecule has 1 amide bonds. The van der Waals surface area contributed by atoms with Crippen LogP contribution in [0.1, 0.15) is 5.56 Å². The summed E-state index contributed by atoms with van der Waals surface area (Å²) in [5, 5.41) is 2.69. The summed E-state index contributed by atoms with van der Waals surface area (Å²) in [6, 6.07) is 5.42. The quantitative estimate of drug-likeness (QED) is 0.839. The number of rotatable bonds is 3. The van der Waals surface area contributed by atoms with Gasteiger partial charge in [0, 0.05) is 14.1 Å². The predicted molar refractivity (Wildman–Crippen MR) is 76.8 cm³/mol. The van der Waals surface area contributed by atoms with Gasteiger partial charge in [0.2, 0.25) is 5.96 Å². The second-order valence-electron chi connectivity index (χ2n) is 4.43. The normalized spacial score (nSPS) is 15.9. The number of nitrogens with one attached hydrogen (secondary N) is 1. The van der Waals surface area contributed by atoms with E-state index in [1.807, 2.05) is 20.2 Å². The minimum atomic E-state index is -0.219. The molecule has 0 radical (unpaired) electrons. The van der Waals surface area contributed by atoms with Gasteiger partial charge in [-0.2, -0.15) is 0 Å². The van der Waals surface area contributed by atoms with Gasteiger partial charge in [0.1, 0.15) is 5.70 Å². The molecule has 0 aliphatic carbocycles. The Hall–Kier alpha value is -2.50. The molecular weight excluding hydrogens is 258 g/mol. The van der Waals surface area contributed by atoms with Crippen molar-refractivity contribution < 1.29 is 14.3 Å². The minimum Gasteiger partial charge on any atom is -0.493 e. The van der Waals surface area contributed by atoms with E-state index in [9.17, 15) is 4.79 Å². The Labute approximate surface area is 117 Å². The van der Waals surface area contributed by atoms with E-state index in [1.54, 1.807) is 37.3 Å². The molecule has 0 spiro atoms. The smallest absolute Gasteiger partial charge is 0.276 e. The molecule has 6 nitrogen and oxygen atoms in total. The summed E-state index contributed by atoms with van der Waals surface area (Å²) in [5.41, 5.74) is 1.18. The SMILES string of the molecule is COc1ccc(/C=C2/N=C(N(C)C)NC2=O)cc1OC. The number of benzene rings is 1. The fraction of sp³-hybridized carbons (Fsp3) is 0.286. The fourth-order valence-corrected chi connectivity index (χ4v) is 1.77. The maximum atomic E-state index is 11.8. The third-order valence-electron chi connectivity index (χ3n) is 2.82. The Morgan fingerprint density at radius 3 is 2.45 bits per heavy atom. The highest BCUT2D eigenvalue weighted by Gasteiger charge is 2.21. The number of hydrogen-bond donors (Lipinski definition) is 1. The number of hydrogen-bond acceptors (Lipinski definition) is 5. The molecule has 0 aromatic heterocycles. The number of carbonyl (C=O) groups excluding carboxylic acids is 1. The number of methoxy groups -OCH3 is 2. The first kappa shape index (κ1) is 13.9. The summed E-state index contributed by atoms with van der Waals surface area (Å²) in [6.07, 6.45) is 1.70. The minimum absolute atomic E-state index is 0.219. The molecule has 1 aliphatic heterocycles. The van der Waals surface area contributed by atoms with Crippen LogP contribution in [0, 0.1) is 0 Å². The lowest BCUT2D eigenvalue weighted by Gasteiger charge is -2.09. The van der Waals surface area contributed by atoms with Crippen LogP contribution in [0.4, 0.5) is 0 Å². The van der Waals surface area contributed by atoms with Gasteiger partial charge in [-0.25, -0.2) is 4.99 Å².